The minimum absolute atomic E-state index is 0.0438. The highest BCUT2D eigenvalue weighted by atomic mass is 16.6. The first-order chi connectivity index (χ1) is 12.4. The van der Waals surface area contributed by atoms with Gasteiger partial charge in [-0.05, 0) is 24.3 Å². The summed E-state index contributed by atoms with van der Waals surface area (Å²) in [5.41, 5.74) is 0.233. The van der Waals surface area contributed by atoms with Gasteiger partial charge in [0, 0.05) is 23.4 Å². The molecule has 9 heteroatoms. The van der Waals surface area contributed by atoms with E-state index < -0.39 is 16.7 Å². The third-order valence-corrected chi connectivity index (χ3v) is 3.40. The zero-order valence-electron chi connectivity index (χ0n) is 14.1. The van der Waals surface area contributed by atoms with Gasteiger partial charge in [-0.2, -0.15) is 0 Å². The Morgan fingerprint density at radius 1 is 1.12 bits per heavy atom. The number of nitro groups is 1. The molecule has 2 amide bonds. The smallest absolute Gasteiger partial charge is 0.311 e. The van der Waals surface area contributed by atoms with Gasteiger partial charge in [0.05, 0.1) is 25.7 Å². The lowest BCUT2D eigenvalue weighted by Gasteiger charge is -2.09. The van der Waals surface area contributed by atoms with E-state index in [2.05, 4.69) is 10.6 Å². The number of benzene rings is 2. The standard InChI is InChI=1S/C17H17N3O6/c1-25-13-5-3-4-12(9-13)19-16(21)10-18-17(22)11-6-7-15(26-2)14(8-11)20(23)24/h3-9H,10H2,1-2H3,(H,18,22)(H,19,21). The highest BCUT2D eigenvalue weighted by Crippen LogP contribution is 2.27. The number of hydrogen-bond acceptors (Lipinski definition) is 6. The summed E-state index contributed by atoms with van der Waals surface area (Å²) in [6, 6.07) is 10.5. The van der Waals surface area contributed by atoms with Gasteiger partial charge in [0.15, 0.2) is 5.75 Å². The largest absolute Gasteiger partial charge is 0.497 e. The van der Waals surface area contributed by atoms with Crippen LogP contribution < -0.4 is 20.1 Å². The van der Waals surface area contributed by atoms with Crippen molar-refractivity contribution in [2.75, 3.05) is 26.1 Å². The number of nitrogens with one attached hydrogen (secondary N) is 2. The summed E-state index contributed by atoms with van der Waals surface area (Å²) in [6.45, 7) is -0.296. The average Bonchev–Trinajstić information content (AvgIpc) is 2.65. The molecule has 0 aliphatic carbocycles. The second-order valence-corrected chi connectivity index (χ2v) is 5.11. The molecule has 0 aliphatic heterocycles. The lowest BCUT2D eigenvalue weighted by molar-refractivity contribution is -0.385. The van der Waals surface area contributed by atoms with Crippen molar-refractivity contribution in [3.05, 3.63) is 58.1 Å². The van der Waals surface area contributed by atoms with Crippen LogP contribution in [0.15, 0.2) is 42.5 Å². The van der Waals surface area contributed by atoms with Crippen LogP contribution in [0.1, 0.15) is 10.4 Å². The first-order valence-corrected chi connectivity index (χ1v) is 7.49. The van der Waals surface area contributed by atoms with Gasteiger partial charge in [0.2, 0.25) is 5.91 Å². The van der Waals surface area contributed by atoms with Crippen LogP contribution in [0.5, 0.6) is 11.5 Å². The van der Waals surface area contributed by atoms with Crippen molar-refractivity contribution in [3.63, 3.8) is 0 Å². The van der Waals surface area contributed by atoms with Gasteiger partial charge in [-0.1, -0.05) is 6.07 Å². The highest BCUT2D eigenvalue weighted by Gasteiger charge is 2.18. The summed E-state index contributed by atoms with van der Waals surface area (Å²) >= 11 is 0. The Balaban J connectivity index is 1.98. The third-order valence-electron chi connectivity index (χ3n) is 3.40. The van der Waals surface area contributed by atoms with E-state index in [9.17, 15) is 19.7 Å². The van der Waals surface area contributed by atoms with Crippen molar-refractivity contribution in [1.29, 1.82) is 0 Å². The fraction of sp³-hybridized carbons (Fsp3) is 0.176. The predicted molar refractivity (Wildman–Crippen MR) is 93.6 cm³/mol. The minimum Gasteiger partial charge on any atom is -0.497 e. The minimum atomic E-state index is -0.648. The lowest BCUT2D eigenvalue weighted by atomic mass is 10.1. The van der Waals surface area contributed by atoms with E-state index in [4.69, 9.17) is 9.47 Å². The third kappa shape index (κ3) is 4.69. The Morgan fingerprint density at radius 3 is 2.54 bits per heavy atom. The van der Waals surface area contributed by atoms with Crippen LogP contribution in [0.2, 0.25) is 0 Å². The van der Waals surface area contributed by atoms with Gasteiger partial charge >= 0.3 is 5.69 Å². The van der Waals surface area contributed by atoms with Crippen molar-refractivity contribution >= 4 is 23.2 Å². The van der Waals surface area contributed by atoms with Gasteiger partial charge in [0.1, 0.15) is 5.75 Å². The van der Waals surface area contributed by atoms with Crippen molar-refractivity contribution in [2.24, 2.45) is 0 Å². The number of nitro benzene ring substituents is 1. The number of carbonyl (C=O) groups is 2. The molecule has 136 valence electrons. The number of carbonyl (C=O) groups excluding carboxylic acids is 2. The molecule has 0 heterocycles. The topological polar surface area (TPSA) is 120 Å². The number of hydrogen-bond donors (Lipinski definition) is 2. The predicted octanol–water partition coefficient (Wildman–Crippen LogP) is 1.98. The van der Waals surface area contributed by atoms with Crippen molar-refractivity contribution in [2.45, 2.75) is 0 Å². The zero-order valence-corrected chi connectivity index (χ0v) is 14.1. The Hall–Kier alpha value is -3.62. The van der Waals surface area contributed by atoms with Gasteiger partial charge < -0.3 is 20.1 Å². The van der Waals surface area contributed by atoms with E-state index in [0.29, 0.717) is 11.4 Å². The van der Waals surface area contributed by atoms with E-state index in [0.717, 1.165) is 6.07 Å². The molecule has 0 atom stereocenters. The molecule has 26 heavy (non-hydrogen) atoms. The van der Waals surface area contributed by atoms with E-state index in [1.165, 1.54) is 26.4 Å². The molecular formula is C17H17N3O6. The van der Waals surface area contributed by atoms with Crippen LogP contribution in [0.4, 0.5) is 11.4 Å². The Labute approximate surface area is 149 Å². The molecule has 0 aromatic heterocycles. The van der Waals surface area contributed by atoms with Gasteiger partial charge in [0.25, 0.3) is 5.91 Å². The Bertz CT molecular complexity index is 837. The number of nitrogens with zero attached hydrogens (tertiary/aromatic N) is 1. The SMILES string of the molecule is COc1cccc(NC(=O)CNC(=O)c2ccc(OC)c([N+](=O)[O-])c2)c1. The normalized spacial score (nSPS) is 9.92. The molecule has 0 aliphatic rings. The molecule has 0 bridgehead atoms. The summed E-state index contributed by atoms with van der Waals surface area (Å²) < 4.78 is 9.93. The maximum atomic E-state index is 12.1. The van der Waals surface area contributed by atoms with E-state index in [1.807, 2.05) is 0 Å². The lowest BCUT2D eigenvalue weighted by Crippen LogP contribution is -2.32. The van der Waals surface area contributed by atoms with Crippen LogP contribution in [0, 0.1) is 10.1 Å². The molecule has 0 saturated heterocycles. The maximum Gasteiger partial charge on any atom is 0.311 e. The second kappa shape index (κ2) is 8.47. The van der Waals surface area contributed by atoms with Crippen LogP contribution in [-0.2, 0) is 4.79 Å². The summed E-state index contributed by atoms with van der Waals surface area (Å²) in [7, 11) is 2.81. The number of ether oxygens (including phenoxy) is 2. The van der Waals surface area contributed by atoms with Crippen molar-refractivity contribution in [1.82, 2.24) is 5.32 Å². The summed E-state index contributed by atoms with van der Waals surface area (Å²) in [5.74, 6) is -0.439. The van der Waals surface area contributed by atoms with Crippen LogP contribution in [-0.4, -0.2) is 37.5 Å². The Kier molecular flexibility index (Phi) is 6.10. The molecule has 9 nitrogen and oxygen atoms in total. The molecule has 2 aromatic rings. The number of rotatable bonds is 7. The highest BCUT2D eigenvalue weighted by molar-refractivity contribution is 5.99. The molecule has 0 unspecified atom stereocenters. The summed E-state index contributed by atoms with van der Waals surface area (Å²) in [5, 5.41) is 16.0. The molecule has 2 rings (SSSR count). The van der Waals surface area contributed by atoms with Crippen LogP contribution in [0.25, 0.3) is 0 Å². The zero-order chi connectivity index (χ0) is 19.1. The molecule has 2 aromatic carbocycles. The summed E-state index contributed by atoms with van der Waals surface area (Å²) in [4.78, 5) is 34.4. The number of methoxy groups -OCH3 is 2. The van der Waals surface area contributed by atoms with E-state index >= 15 is 0 Å². The fourth-order valence-corrected chi connectivity index (χ4v) is 2.14. The maximum absolute atomic E-state index is 12.1. The molecular weight excluding hydrogens is 342 g/mol. The summed E-state index contributed by atoms with van der Waals surface area (Å²) in [6.07, 6.45) is 0. The second-order valence-electron chi connectivity index (χ2n) is 5.11. The Morgan fingerprint density at radius 2 is 1.88 bits per heavy atom. The number of amides is 2. The van der Waals surface area contributed by atoms with Crippen LogP contribution >= 0.6 is 0 Å². The van der Waals surface area contributed by atoms with Crippen molar-refractivity contribution < 1.29 is 24.0 Å². The van der Waals surface area contributed by atoms with Gasteiger partial charge in [-0.15, -0.1) is 0 Å². The molecule has 0 radical (unpaired) electrons. The van der Waals surface area contributed by atoms with E-state index in [-0.39, 0.29) is 23.5 Å². The molecule has 0 fully saturated rings. The first-order valence-electron chi connectivity index (χ1n) is 7.49. The van der Waals surface area contributed by atoms with Crippen LogP contribution in [0.3, 0.4) is 0 Å². The monoisotopic (exact) mass is 359 g/mol. The fourth-order valence-electron chi connectivity index (χ4n) is 2.14. The van der Waals surface area contributed by atoms with Gasteiger partial charge in [-0.3, -0.25) is 19.7 Å². The molecule has 0 spiro atoms. The first kappa shape index (κ1) is 18.7. The number of anilines is 1. The molecule has 2 N–H and O–H groups in total. The van der Waals surface area contributed by atoms with Gasteiger partial charge in [-0.25, -0.2) is 0 Å². The quantitative estimate of drug-likeness (QED) is 0.576. The molecule has 0 saturated carbocycles. The van der Waals surface area contributed by atoms with Crippen molar-refractivity contribution in [3.8, 4) is 11.5 Å². The average molecular weight is 359 g/mol. The van der Waals surface area contributed by atoms with E-state index in [1.54, 1.807) is 24.3 Å².